The molecular weight excluding hydrogens is 462 g/mol. The molecule has 34 heavy (non-hydrogen) atoms. The molecule has 1 amide bonds. The molecule has 1 atom stereocenters. The van der Waals surface area contributed by atoms with Gasteiger partial charge in [-0.1, -0.05) is 18.5 Å². The van der Waals surface area contributed by atoms with Crippen LogP contribution in [0.3, 0.4) is 0 Å². The summed E-state index contributed by atoms with van der Waals surface area (Å²) in [6, 6.07) is 8.39. The van der Waals surface area contributed by atoms with Crippen molar-refractivity contribution in [2.75, 3.05) is 20.8 Å². The summed E-state index contributed by atoms with van der Waals surface area (Å²) in [4.78, 5) is 24.4. The monoisotopic (exact) mass is 493 g/mol. The molecular formula is C25H32ClNO7. The number of carbonyl (C=O) groups excluding carboxylic acids is 1. The number of benzene rings is 2. The molecule has 9 heteroatoms. The quantitative estimate of drug-likeness (QED) is 0.423. The Morgan fingerprint density at radius 3 is 2.41 bits per heavy atom. The summed E-state index contributed by atoms with van der Waals surface area (Å²) in [7, 11) is 2.99. The maximum Gasteiger partial charge on any atom is 0.333 e. The van der Waals surface area contributed by atoms with Gasteiger partial charge in [-0.3, -0.25) is 4.79 Å². The summed E-state index contributed by atoms with van der Waals surface area (Å²) in [6.45, 7) is 6.23. The van der Waals surface area contributed by atoms with Gasteiger partial charge in [0.25, 0.3) is 5.91 Å². The number of halogens is 1. The molecule has 0 saturated heterocycles. The fourth-order valence-corrected chi connectivity index (χ4v) is 3.61. The van der Waals surface area contributed by atoms with Crippen molar-refractivity contribution in [2.45, 2.75) is 52.4 Å². The first-order chi connectivity index (χ1) is 16.2. The standard InChI is InChI=1S/C25H32ClNO7/c1-6-9-33-18-7-8-19(20(26)13-18)24(28)27-14-17-10-16(11-21(31-4)23(17)32-5)12-22(25(29)30)34-15(2)3/h7-8,10-11,13,15,22H,6,9,12,14H2,1-5H3,(H,27,28)(H,29,30). The first-order valence-corrected chi connectivity index (χ1v) is 11.4. The smallest absolute Gasteiger partial charge is 0.333 e. The predicted octanol–water partition coefficient (Wildman–Crippen LogP) is 4.50. The zero-order chi connectivity index (χ0) is 25.3. The Morgan fingerprint density at radius 1 is 1.12 bits per heavy atom. The lowest BCUT2D eigenvalue weighted by molar-refractivity contribution is -0.153. The summed E-state index contributed by atoms with van der Waals surface area (Å²) in [5, 5.41) is 12.6. The van der Waals surface area contributed by atoms with Crippen LogP contribution in [0.25, 0.3) is 0 Å². The number of aliphatic carboxylic acids is 1. The number of hydrogen-bond acceptors (Lipinski definition) is 6. The maximum atomic E-state index is 12.8. The minimum atomic E-state index is -1.06. The molecule has 0 aliphatic rings. The first-order valence-electron chi connectivity index (χ1n) is 11.0. The van der Waals surface area contributed by atoms with Crippen LogP contribution < -0.4 is 19.5 Å². The van der Waals surface area contributed by atoms with Crippen LogP contribution >= 0.6 is 11.6 Å². The molecule has 2 aromatic rings. The van der Waals surface area contributed by atoms with E-state index in [0.717, 1.165) is 6.42 Å². The van der Waals surface area contributed by atoms with E-state index in [-0.39, 0.29) is 30.0 Å². The average molecular weight is 494 g/mol. The van der Waals surface area contributed by atoms with Crippen molar-refractivity contribution >= 4 is 23.5 Å². The number of carbonyl (C=O) groups is 2. The average Bonchev–Trinajstić information content (AvgIpc) is 2.79. The highest BCUT2D eigenvalue weighted by molar-refractivity contribution is 6.34. The lowest BCUT2D eigenvalue weighted by Gasteiger charge is -2.19. The summed E-state index contributed by atoms with van der Waals surface area (Å²) >= 11 is 6.29. The number of hydrogen-bond donors (Lipinski definition) is 2. The van der Waals surface area contributed by atoms with Crippen LogP contribution in [0, 0.1) is 0 Å². The van der Waals surface area contributed by atoms with Crippen molar-refractivity contribution in [2.24, 2.45) is 0 Å². The number of amides is 1. The van der Waals surface area contributed by atoms with Gasteiger partial charge >= 0.3 is 5.97 Å². The zero-order valence-corrected chi connectivity index (χ0v) is 20.9. The number of carboxylic acid groups (broad SMARTS) is 1. The molecule has 0 aliphatic carbocycles. The van der Waals surface area contributed by atoms with Gasteiger partial charge in [-0.15, -0.1) is 0 Å². The van der Waals surface area contributed by atoms with Gasteiger partial charge in [0.15, 0.2) is 17.6 Å². The second-order valence-electron chi connectivity index (χ2n) is 7.88. The van der Waals surface area contributed by atoms with Gasteiger partial charge in [0, 0.05) is 18.5 Å². The molecule has 0 aromatic heterocycles. The molecule has 2 N–H and O–H groups in total. The van der Waals surface area contributed by atoms with Gasteiger partial charge in [0.05, 0.1) is 37.5 Å². The van der Waals surface area contributed by atoms with Gasteiger partial charge in [-0.05, 0) is 56.2 Å². The molecule has 0 heterocycles. The summed E-state index contributed by atoms with van der Waals surface area (Å²) in [6.07, 6.45) is -0.280. The van der Waals surface area contributed by atoms with Crippen LogP contribution in [0.2, 0.25) is 5.02 Å². The van der Waals surface area contributed by atoms with Gasteiger partial charge in [0.2, 0.25) is 0 Å². The summed E-state index contributed by atoms with van der Waals surface area (Å²) < 4.78 is 22.0. The molecule has 0 aliphatic heterocycles. The van der Waals surface area contributed by atoms with E-state index < -0.39 is 12.1 Å². The minimum absolute atomic E-state index is 0.111. The van der Waals surface area contributed by atoms with Crippen LogP contribution in [0.1, 0.15) is 48.7 Å². The summed E-state index contributed by atoms with van der Waals surface area (Å²) in [5.74, 6) is 0.0366. The second-order valence-corrected chi connectivity index (χ2v) is 8.29. The van der Waals surface area contributed by atoms with E-state index in [9.17, 15) is 14.7 Å². The van der Waals surface area contributed by atoms with Crippen LogP contribution in [-0.2, 0) is 22.5 Å². The molecule has 0 saturated carbocycles. The van der Waals surface area contributed by atoms with Crippen molar-refractivity contribution in [3.8, 4) is 17.2 Å². The molecule has 8 nitrogen and oxygen atoms in total. The maximum absolute atomic E-state index is 12.8. The van der Waals surface area contributed by atoms with Crippen molar-refractivity contribution in [3.05, 3.63) is 52.0 Å². The molecule has 0 radical (unpaired) electrons. The number of nitrogens with one attached hydrogen (secondary N) is 1. The minimum Gasteiger partial charge on any atom is -0.494 e. The molecule has 2 rings (SSSR count). The number of carboxylic acids is 1. The number of rotatable bonds is 13. The molecule has 186 valence electrons. The SMILES string of the molecule is CCCOc1ccc(C(=O)NCc2cc(CC(OC(C)C)C(=O)O)cc(OC)c2OC)c(Cl)c1. The van der Waals surface area contributed by atoms with Gasteiger partial charge in [-0.25, -0.2) is 4.79 Å². The highest BCUT2D eigenvalue weighted by Gasteiger charge is 2.22. The third-order valence-corrected chi connectivity index (χ3v) is 5.16. The van der Waals surface area contributed by atoms with Crippen molar-refractivity contribution in [1.82, 2.24) is 5.32 Å². The highest BCUT2D eigenvalue weighted by Crippen LogP contribution is 2.33. The number of ether oxygens (including phenoxy) is 4. The van der Waals surface area contributed by atoms with E-state index in [1.54, 1.807) is 44.2 Å². The Morgan fingerprint density at radius 2 is 1.85 bits per heavy atom. The fraction of sp³-hybridized carbons (Fsp3) is 0.440. The van der Waals surface area contributed by atoms with E-state index in [0.29, 0.717) is 40.5 Å². The Labute approximate surface area is 205 Å². The highest BCUT2D eigenvalue weighted by atomic mass is 35.5. The Balaban J connectivity index is 2.24. The van der Waals surface area contributed by atoms with Crippen LogP contribution in [-0.4, -0.2) is 50.0 Å². The van der Waals surface area contributed by atoms with Gasteiger partial charge < -0.3 is 29.4 Å². The van der Waals surface area contributed by atoms with Crippen LogP contribution in [0.4, 0.5) is 0 Å². The third kappa shape index (κ3) is 7.53. The molecule has 0 spiro atoms. The number of methoxy groups -OCH3 is 2. The Bertz CT molecular complexity index is 993. The first kappa shape index (κ1) is 27.3. The molecule has 2 aromatic carbocycles. The van der Waals surface area contributed by atoms with Crippen molar-refractivity contribution in [1.29, 1.82) is 0 Å². The lowest BCUT2D eigenvalue weighted by atomic mass is 10.0. The molecule has 1 unspecified atom stereocenters. The van der Waals surface area contributed by atoms with Crippen molar-refractivity contribution in [3.63, 3.8) is 0 Å². The molecule has 0 fully saturated rings. The lowest BCUT2D eigenvalue weighted by Crippen LogP contribution is -2.29. The predicted molar refractivity (Wildman–Crippen MR) is 129 cm³/mol. The van der Waals surface area contributed by atoms with E-state index in [1.807, 2.05) is 6.92 Å². The van der Waals surface area contributed by atoms with Crippen LogP contribution in [0.5, 0.6) is 17.2 Å². The Kier molecular flexibility index (Phi) is 10.5. The van der Waals surface area contributed by atoms with E-state index in [1.165, 1.54) is 14.2 Å². The van der Waals surface area contributed by atoms with E-state index >= 15 is 0 Å². The topological polar surface area (TPSA) is 103 Å². The van der Waals surface area contributed by atoms with Crippen LogP contribution in [0.15, 0.2) is 30.3 Å². The normalized spacial score (nSPS) is 11.7. The zero-order valence-electron chi connectivity index (χ0n) is 20.1. The van der Waals surface area contributed by atoms with E-state index in [2.05, 4.69) is 5.32 Å². The second kappa shape index (κ2) is 13.1. The van der Waals surface area contributed by atoms with Gasteiger partial charge in [0.1, 0.15) is 5.75 Å². The Hall–Kier alpha value is -2.97. The van der Waals surface area contributed by atoms with Crippen molar-refractivity contribution < 1.29 is 33.6 Å². The summed E-state index contributed by atoms with van der Waals surface area (Å²) in [5.41, 5.74) is 1.60. The molecule has 0 bridgehead atoms. The largest absolute Gasteiger partial charge is 0.494 e. The van der Waals surface area contributed by atoms with E-state index in [4.69, 9.17) is 30.5 Å². The fourth-order valence-electron chi connectivity index (χ4n) is 3.35. The third-order valence-electron chi connectivity index (χ3n) is 4.85. The van der Waals surface area contributed by atoms with Gasteiger partial charge in [-0.2, -0.15) is 0 Å².